The number of hydrogen-bond acceptors (Lipinski definition) is 7. The van der Waals surface area contributed by atoms with Gasteiger partial charge in [-0.15, -0.1) is 0 Å². The highest BCUT2D eigenvalue weighted by Crippen LogP contribution is 2.39. The summed E-state index contributed by atoms with van der Waals surface area (Å²) in [6.07, 6.45) is -2.34. The van der Waals surface area contributed by atoms with Crippen molar-refractivity contribution in [2.75, 3.05) is 20.0 Å². The molecule has 2 atom stereocenters. The van der Waals surface area contributed by atoms with Gasteiger partial charge in [0, 0.05) is 12.7 Å². The summed E-state index contributed by atoms with van der Waals surface area (Å²) in [5.74, 6) is 0.148. The van der Waals surface area contributed by atoms with Gasteiger partial charge in [0.15, 0.2) is 16.6 Å². The average Bonchev–Trinajstić information content (AvgIpc) is 2.44. The highest BCUT2D eigenvalue weighted by molar-refractivity contribution is 8.13. The van der Waals surface area contributed by atoms with Crippen LogP contribution in [-0.4, -0.2) is 46.5 Å². The Labute approximate surface area is 121 Å². The van der Waals surface area contributed by atoms with Crippen LogP contribution in [0.1, 0.15) is 18.6 Å². The molecule has 1 aromatic carbocycles. The third kappa shape index (κ3) is 4.03. The zero-order valence-electron chi connectivity index (χ0n) is 11.5. The Morgan fingerprint density at radius 2 is 1.75 bits per heavy atom. The van der Waals surface area contributed by atoms with E-state index in [0.29, 0.717) is 5.56 Å². The molecule has 0 spiro atoms. The number of aromatic hydroxyl groups is 1. The molecular weight excluding hydrogens is 284 g/mol. The molecule has 2 unspecified atom stereocenters. The van der Waals surface area contributed by atoms with Gasteiger partial charge in [-0.3, -0.25) is 4.79 Å². The number of carbonyl (C=O) groups excluding carboxylic acids is 1. The fourth-order valence-electron chi connectivity index (χ4n) is 1.60. The molecule has 0 aromatic heterocycles. The van der Waals surface area contributed by atoms with E-state index in [0.717, 1.165) is 11.8 Å². The van der Waals surface area contributed by atoms with Crippen LogP contribution < -0.4 is 9.47 Å². The normalized spacial score (nSPS) is 13.7. The van der Waals surface area contributed by atoms with Gasteiger partial charge in [-0.2, -0.15) is 0 Å². The van der Waals surface area contributed by atoms with E-state index in [9.17, 15) is 20.1 Å². The van der Waals surface area contributed by atoms with Crippen LogP contribution in [-0.2, 0) is 4.79 Å². The van der Waals surface area contributed by atoms with E-state index < -0.39 is 12.2 Å². The number of hydrogen-bond donors (Lipinski definition) is 3. The van der Waals surface area contributed by atoms with Gasteiger partial charge in [-0.1, -0.05) is 11.8 Å². The monoisotopic (exact) mass is 302 g/mol. The first-order valence-electron chi connectivity index (χ1n) is 5.85. The Kier molecular flexibility index (Phi) is 6.12. The van der Waals surface area contributed by atoms with E-state index in [1.165, 1.54) is 33.3 Å². The summed E-state index contributed by atoms with van der Waals surface area (Å²) in [4.78, 5) is 10.8. The smallest absolute Gasteiger partial charge is 0.200 e. The lowest BCUT2D eigenvalue weighted by Crippen LogP contribution is -2.21. The fourth-order valence-corrected chi connectivity index (χ4v) is 2.19. The largest absolute Gasteiger partial charge is 0.502 e. The van der Waals surface area contributed by atoms with Crippen LogP contribution in [0, 0.1) is 0 Å². The van der Waals surface area contributed by atoms with Crippen molar-refractivity contribution in [3.05, 3.63) is 17.7 Å². The summed E-state index contributed by atoms with van der Waals surface area (Å²) in [5.41, 5.74) is 0.327. The van der Waals surface area contributed by atoms with Gasteiger partial charge >= 0.3 is 0 Å². The average molecular weight is 302 g/mol. The molecule has 0 radical (unpaired) electrons. The maximum atomic E-state index is 10.8. The van der Waals surface area contributed by atoms with Crippen molar-refractivity contribution in [1.82, 2.24) is 0 Å². The molecule has 3 N–H and O–H groups in total. The number of aliphatic hydroxyl groups excluding tert-OH is 2. The summed E-state index contributed by atoms with van der Waals surface area (Å²) >= 11 is 0.925. The first-order valence-corrected chi connectivity index (χ1v) is 6.83. The molecule has 0 bridgehead atoms. The van der Waals surface area contributed by atoms with Crippen LogP contribution in [0.3, 0.4) is 0 Å². The van der Waals surface area contributed by atoms with Gasteiger partial charge in [-0.05, 0) is 17.7 Å². The molecule has 6 nitrogen and oxygen atoms in total. The molecule has 1 rings (SSSR count). The minimum atomic E-state index is -1.22. The maximum absolute atomic E-state index is 10.8. The topological polar surface area (TPSA) is 96.2 Å². The number of rotatable bonds is 6. The van der Waals surface area contributed by atoms with Crippen molar-refractivity contribution in [1.29, 1.82) is 0 Å². The fraction of sp³-hybridized carbons (Fsp3) is 0.462. The van der Waals surface area contributed by atoms with E-state index in [2.05, 4.69) is 0 Å². The molecule has 0 amide bonds. The molecular formula is C13H18O6S. The van der Waals surface area contributed by atoms with Gasteiger partial charge in [0.2, 0.25) is 5.75 Å². The second kappa shape index (κ2) is 7.37. The molecule has 0 aliphatic heterocycles. The number of phenols is 1. The van der Waals surface area contributed by atoms with Crippen molar-refractivity contribution in [2.45, 2.75) is 19.1 Å². The number of benzene rings is 1. The lowest BCUT2D eigenvalue weighted by atomic mass is 10.0. The number of aliphatic hydroxyl groups is 2. The van der Waals surface area contributed by atoms with E-state index in [1.807, 2.05) is 0 Å². The van der Waals surface area contributed by atoms with E-state index in [-0.39, 0.29) is 28.1 Å². The maximum Gasteiger partial charge on any atom is 0.200 e. The van der Waals surface area contributed by atoms with Gasteiger partial charge in [-0.25, -0.2) is 0 Å². The second-order valence-electron chi connectivity index (χ2n) is 4.09. The van der Waals surface area contributed by atoms with Crippen molar-refractivity contribution in [3.63, 3.8) is 0 Å². The highest BCUT2D eigenvalue weighted by Gasteiger charge is 2.22. The molecule has 0 saturated heterocycles. The van der Waals surface area contributed by atoms with Crippen molar-refractivity contribution in [2.24, 2.45) is 0 Å². The number of methoxy groups -OCH3 is 2. The quantitative estimate of drug-likeness (QED) is 0.723. The summed E-state index contributed by atoms with van der Waals surface area (Å²) in [5, 5.41) is 29.5. The van der Waals surface area contributed by atoms with E-state index >= 15 is 0 Å². The standard InChI is InChI=1S/C13H18O6S/c1-7(14)20-6-9(15)12(16)8-4-10(18-2)13(17)11(5-8)19-3/h4-5,9,12,15-17H,6H2,1-3H3. The van der Waals surface area contributed by atoms with Gasteiger partial charge in [0.25, 0.3) is 0 Å². The van der Waals surface area contributed by atoms with Crippen LogP contribution >= 0.6 is 11.8 Å². The number of carbonyl (C=O) groups is 1. The zero-order chi connectivity index (χ0) is 15.3. The Morgan fingerprint density at radius 1 is 1.25 bits per heavy atom. The van der Waals surface area contributed by atoms with E-state index in [4.69, 9.17) is 9.47 Å². The predicted molar refractivity (Wildman–Crippen MR) is 75.3 cm³/mol. The summed E-state index contributed by atoms with van der Waals surface area (Å²) in [6.45, 7) is 1.39. The summed E-state index contributed by atoms with van der Waals surface area (Å²) in [6, 6.07) is 2.81. The van der Waals surface area contributed by atoms with Gasteiger partial charge in [0.05, 0.1) is 20.3 Å². The van der Waals surface area contributed by atoms with Crippen molar-refractivity contribution < 1.29 is 29.6 Å². The SMILES string of the molecule is COc1cc(C(O)C(O)CSC(C)=O)cc(OC)c1O. The Morgan fingerprint density at radius 3 is 2.15 bits per heavy atom. The van der Waals surface area contributed by atoms with Crippen LogP contribution in [0.25, 0.3) is 0 Å². The first-order chi connectivity index (χ1) is 9.40. The minimum Gasteiger partial charge on any atom is -0.502 e. The third-order valence-electron chi connectivity index (χ3n) is 2.67. The zero-order valence-corrected chi connectivity index (χ0v) is 12.3. The third-order valence-corrected chi connectivity index (χ3v) is 3.58. The minimum absolute atomic E-state index is 0.0714. The Balaban J connectivity index is 2.97. The van der Waals surface area contributed by atoms with Crippen molar-refractivity contribution >= 4 is 16.9 Å². The molecule has 112 valence electrons. The van der Waals surface area contributed by atoms with Crippen LogP contribution in [0.15, 0.2) is 12.1 Å². The van der Waals surface area contributed by atoms with Crippen LogP contribution in [0.5, 0.6) is 17.2 Å². The lowest BCUT2D eigenvalue weighted by molar-refractivity contribution is -0.109. The van der Waals surface area contributed by atoms with Crippen LogP contribution in [0.2, 0.25) is 0 Å². The highest BCUT2D eigenvalue weighted by atomic mass is 32.2. The molecule has 0 heterocycles. The number of phenolic OH excluding ortho intramolecular Hbond substituents is 1. The van der Waals surface area contributed by atoms with Crippen LogP contribution in [0.4, 0.5) is 0 Å². The lowest BCUT2D eigenvalue weighted by Gasteiger charge is -2.19. The molecule has 20 heavy (non-hydrogen) atoms. The number of ether oxygens (including phenoxy) is 2. The molecule has 7 heteroatoms. The van der Waals surface area contributed by atoms with Gasteiger partial charge in [0.1, 0.15) is 6.10 Å². The van der Waals surface area contributed by atoms with Crippen molar-refractivity contribution in [3.8, 4) is 17.2 Å². The Hall–Kier alpha value is -1.44. The van der Waals surface area contributed by atoms with E-state index in [1.54, 1.807) is 0 Å². The summed E-state index contributed by atoms with van der Waals surface area (Å²) < 4.78 is 9.95. The molecule has 0 aliphatic rings. The number of thioether (sulfide) groups is 1. The first kappa shape index (κ1) is 16.6. The Bertz CT molecular complexity index is 451. The molecule has 0 aliphatic carbocycles. The molecule has 0 saturated carbocycles. The molecule has 0 fully saturated rings. The summed E-state index contributed by atoms with van der Waals surface area (Å²) in [7, 11) is 2.74. The molecule has 1 aromatic rings. The second-order valence-corrected chi connectivity index (χ2v) is 5.29. The predicted octanol–water partition coefficient (Wildman–Crippen LogP) is 1.08. The van der Waals surface area contributed by atoms with Gasteiger partial charge < -0.3 is 24.8 Å².